The first kappa shape index (κ1) is 11.2. The summed E-state index contributed by atoms with van der Waals surface area (Å²) in [6.45, 7) is 1.70. The number of hydrogen-bond acceptors (Lipinski definition) is 3. The third kappa shape index (κ3) is 2.13. The van der Waals surface area contributed by atoms with Gasteiger partial charge in [-0.15, -0.1) is 0 Å². The average Bonchev–Trinajstić information content (AvgIpc) is 2.28. The second kappa shape index (κ2) is 4.72. The summed E-state index contributed by atoms with van der Waals surface area (Å²) < 4.78 is 0. The summed E-state index contributed by atoms with van der Waals surface area (Å²) in [6.07, 6.45) is 0. The molecule has 1 fully saturated rings. The number of carbonyl (C=O) groups is 1. The van der Waals surface area contributed by atoms with Crippen molar-refractivity contribution in [3.8, 4) is 0 Å². The lowest BCUT2D eigenvalue weighted by atomic mass is 10.1. The van der Waals surface area contributed by atoms with Gasteiger partial charge in [-0.25, -0.2) is 0 Å². The molecule has 1 aliphatic heterocycles. The highest BCUT2D eigenvalue weighted by atomic mass is 35.5. The van der Waals surface area contributed by atoms with Gasteiger partial charge < -0.3 is 16.0 Å². The molecule has 0 saturated carbocycles. The lowest BCUT2D eigenvalue weighted by Gasteiger charge is -2.36. The van der Waals surface area contributed by atoms with E-state index in [1.807, 2.05) is 29.2 Å². The van der Waals surface area contributed by atoms with Crippen molar-refractivity contribution in [2.24, 2.45) is 5.73 Å². The van der Waals surface area contributed by atoms with Gasteiger partial charge in [0.2, 0.25) is 5.91 Å². The van der Waals surface area contributed by atoms with Crippen molar-refractivity contribution in [1.82, 2.24) is 5.32 Å². The van der Waals surface area contributed by atoms with Gasteiger partial charge in [0, 0.05) is 30.3 Å². The minimum atomic E-state index is -0.299. The first-order valence-electron chi connectivity index (χ1n) is 5.22. The van der Waals surface area contributed by atoms with Crippen LogP contribution in [0.25, 0.3) is 0 Å². The molecule has 1 heterocycles. The molecule has 1 saturated heterocycles. The van der Waals surface area contributed by atoms with Gasteiger partial charge in [-0.2, -0.15) is 0 Å². The normalized spacial score (nSPS) is 20.8. The smallest absolute Gasteiger partial charge is 0.244 e. The minimum Gasteiger partial charge on any atom is -0.357 e. The number of benzene rings is 1. The van der Waals surface area contributed by atoms with Crippen LogP contribution in [0.1, 0.15) is 0 Å². The van der Waals surface area contributed by atoms with Crippen LogP contribution in [0.5, 0.6) is 0 Å². The van der Waals surface area contributed by atoms with Crippen LogP contribution in [0.3, 0.4) is 0 Å². The summed E-state index contributed by atoms with van der Waals surface area (Å²) >= 11 is 5.93. The predicted octanol–water partition coefficient (Wildman–Crippen LogP) is 0.603. The number of nitrogens with one attached hydrogen (secondary N) is 1. The Hall–Kier alpha value is -1.26. The molecule has 86 valence electrons. The quantitative estimate of drug-likeness (QED) is 0.795. The Morgan fingerprint density at radius 3 is 3.06 bits per heavy atom. The summed E-state index contributed by atoms with van der Waals surface area (Å²) in [5, 5.41) is 3.47. The number of halogens is 1. The van der Waals surface area contributed by atoms with Crippen molar-refractivity contribution >= 4 is 23.2 Å². The highest BCUT2D eigenvalue weighted by molar-refractivity contribution is 6.30. The molecule has 1 atom stereocenters. The molecular formula is C11H14ClN3O. The molecule has 1 amide bonds. The summed E-state index contributed by atoms with van der Waals surface area (Å²) in [5.74, 6) is -0.0197. The first-order valence-corrected chi connectivity index (χ1v) is 5.60. The van der Waals surface area contributed by atoms with Gasteiger partial charge in [0.25, 0.3) is 0 Å². The fourth-order valence-corrected chi connectivity index (χ4v) is 2.10. The molecule has 0 spiro atoms. The van der Waals surface area contributed by atoms with Crippen LogP contribution < -0.4 is 16.0 Å². The monoisotopic (exact) mass is 239 g/mol. The van der Waals surface area contributed by atoms with Crippen molar-refractivity contribution in [3.05, 3.63) is 29.3 Å². The van der Waals surface area contributed by atoms with Crippen LogP contribution in [0.15, 0.2) is 24.3 Å². The van der Waals surface area contributed by atoms with E-state index in [-0.39, 0.29) is 11.9 Å². The molecule has 0 aromatic heterocycles. The number of rotatable bonds is 2. The standard InChI is InChI=1S/C11H14ClN3O/c12-8-2-1-3-9(6-8)15-5-4-14-11(16)10(15)7-13/h1-3,6,10H,4-5,7,13H2,(H,14,16). The lowest BCUT2D eigenvalue weighted by Crippen LogP contribution is -2.58. The Morgan fingerprint density at radius 1 is 1.56 bits per heavy atom. The number of hydrogen-bond donors (Lipinski definition) is 2. The third-order valence-corrected chi connectivity index (χ3v) is 2.93. The maximum Gasteiger partial charge on any atom is 0.244 e. The first-order chi connectivity index (χ1) is 7.72. The molecule has 1 aromatic rings. The van der Waals surface area contributed by atoms with E-state index in [2.05, 4.69) is 5.32 Å². The van der Waals surface area contributed by atoms with Crippen LogP contribution >= 0.6 is 11.6 Å². The summed E-state index contributed by atoms with van der Waals surface area (Å²) in [4.78, 5) is 13.6. The molecule has 0 radical (unpaired) electrons. The summed E-state index contributed by atoms with van der Waals surface area (Å²) in [5.41, 5.74) is 6.57. The average molecular weight is 240 g/mol. The van der Waals surface area contributed by atoms with Gasteiger partial charge in [0.05, 0.1) is 0 Å². The van der Waals surface area contributed by atoms with Crippen LogP contribution in [0.4, 0.5) is 5.69 Å². The molecule has 2 rings (SSSR count). The van der Waals surface area contributed by atoms with Gasteiger partial charge in [-0.05, 0) is 18.2 Å². The van der Waals surface area contributed by atoms with E-state index < -0.39 is 0 Å². The maximum atomic E-state index is 11.6. The second-order valence-electron chi connectivity index (χ2n) is 3.72. The van der Waals surface area contributed by atoms with Crippen molar-refractivity contribution in [3.63, 3.8) is 0 Å². The Labute approximate surface area is 99.4 Å². The SMILES string of the molecule is NCC1C(=O)NCCN1c1cccc(Cl)c1. The van der Waals surface area contributed by atoms with Crippen LogP contribution in [0, 0.1) is 0 Å². The molecule has 1 unspecified atom stereocenters. The highest BCUT2D eigenvalue weighted by Gasteiger charge is 2.28. The summed E-state index contributed by atoms with van der Waals surface area (Å²) in [7, 11) is 0. The maximum absolute atomic E-state index is 11.6. The number of nitrogens with two attached hydrogens (primary N) is 1. The van der Waals surface area contributed by atoms with E-state index >= 15 is 0 Å². The number of carbonyl (C=O) groups excluding carboxylic acids is 1. The van der Waals surface area contributed by atoms with Gasteiger partial charge >= 0.3 is 0 Å². The third-order valence-electron chi connectivity index (χ3n) is 2.69. The molecule has 0 aliphatic carbocycles. The van der Waals surface area contributed by atoms with Gasteiger partial charge in [0.1, 0.15) is 6.04 Å². The van der Waals surface area contributed by atoms with E-state index in [1.165, 1.54) is 0 Å². The van der Waals surface area contributed by atoms with Crippen molar-refractivity contribution in [2.45, 2.75) is 6.04 Å². The van der Waals surface area contributed by atoms with Gasteiger partial charge in [-0.3, -0.25) is 4.79 Å². The van der Waals surface area contributed by atoms with E-state index in [9.17, 15) is 4.79 Å². The summed E-state index contributed by atoms with van der Waals surface area (Å²) in [6, 6.07) is 7.17. The zero-order valence-corrected chi connectivity index (χ0v) is 9.57. The fourth-order valence-electron chi connectivity index (χ4n) is 1.91. The Kier molecular flexibility index (Phi) is 3.31. The molecular weight excluding hydrogens is 226 g/mol. The van der Waals surface area contributed by atoms with Crippen LogP contribution in [-0.4, -0.2) is 31.6 Å². The zero-order valence-electron chi connectivity index (χ0n) is 8.82. The second-order valence-corrected chi connectivity index (χ2v) is 4.15. The molecule has 1 aliphatic rings. The minimum absolute atomic E-state index is 0.0197. The fraction of sp³-hybridized carbons (Fsp3) is 0.364. The van der Waals surface area contributed by atoms with Crippen molar-refractivity contribution < 1.29 is 4.79 Å². The van der Waals surface area contributed by atoms with E-state index in [0.29, 0.717) is 18.1 Å². The molecule has 4 nitrogen and oxygen atoms in total. The lowest BCUT2D eigenvalue weighted by molar-refractivity contribution is -0.123. The molecule has 3 N–H and O–H groups in total. The Morgan fingerprint density at radius 2 is 2.38 bits per heavy atom. The molecule has 0 bridgehead atoms. The highest BCUT2D eigenvalue weighted by Crippen LogP contribution is 2.22. The zero-order chi connectivity index (χ0) is 11.5. The van der Waals surface area contributed by atoms with E-state index in [4.69, 9.17) is 17.3 Å². The van der Waals surface area contributed by atoms with Crippen molar-refractivity contribution in [2.75, 3.05) is 24.5 Å². The number of amides is 1. The topological polar surface area (TPSA) is 58.4 Å². The van der Waals surface area contributed by atoms with Gasteiger partial charge in [-0.1, -0.05) is 17.7 Å². The molecule has 1 aromatic carbocycles. The van der Waals surface area contributed by atoms with E-state index in [1.54, 1.807) is 0 Å². The predicted molar refractivity (Wildman–Crippen MR) is 64.7 cm³/mol. The molecule has 5 heteroatoms. The number of anilines is 1. The number of piperazine rings is 1. The number of nitrogens with zero attached hydrogens (tertiary/aromatic N) is 1. The van der Waals surface area contributed by atoms with Crippen LogP contribution in [0.2, 0.25) is 5.02 Å². The Bertz CT molecular complexity index is 397. The van der Waals surface area contributed by atoms with Crippen molar-refractivity contribution in [1.29, 1.82) is 0 Å². The molecule has 16 heavy (non-hydrogen) atoms. The van der Waals surface area contributed by atoms with Crippen LogP contribution in [-0.2, 0) is 4.79 Å². The van der Waals surface area contributed by atoms with E-state index in [0.717, 1.165) is 12.2 Å². The van der Waals surface area contributed by atoms with Gasteiger partial charge in [0.15, 0.2) is 0 Å². The Balaban J connectivity index is 2.27. The largest absolute Gasteiger partial charge is 0.357 e.